The Morgan fingerprint density at radius 2 is 1.88 bits per heavy atom. The van der Waals surface area contributed by atoms with Gasteiger partial charge in [0.05, 0.1) is 17.8 Å². The number of primary amides is 1. The van der Waals surface area contributed by atoms with E-state index in [4.69, 9.17) is 17.3 Å². The Balaban J connectivity index is 2.04. The third kappa shape index (κ3) is 5.61. The molecule has 132 valence electrons. The summed E-state index contributed by atoms with van der Waals surface area (Å²) < 4.78 is 25.1. The molecule has 0 aliphatic carbocycles. The number of nitrogens with two attached hydrogens (primary N) is 1. The van der Waals surface area contributed by atoms with E-state index < -0.39 is 17.6 Å². The minimum Gasteiger partial charge on any atom is -0.375 e. The lowest BCUT2D eigenvalue weighted by Gasteiger charge is -2.13. The molecule has 0 aliphatic heterocycles. The van der Waals surface area contributed by atoms with Crippen LogP contribution in [0.2, 0.25) is 5.02 Å². The minimum atomic E-state index is -2.59. The number of anilines is 2. The van der Waals surface area contributed by atoms with Gasteiger partial charge < -0.3 is 16.4 Å². The van der Waals surface area contributed by atoms with Crippen LogP contribution in [0.5, 0.6) is 0 Å². The topological polar surface area (TPSA) is 84.2 Å². The van der Waals surface area contributed by atoms with Crippen molar-refractivity contribution >= 4 is 46.6 Å². The molecule has 0 bridgehead atoms. The first-order valence-electron chi connectivity index (χ1n) is 7.03. The second kappa shape index (κ2) is 8.68. The molecular formula is C16H14ClF2N3O2S. The van der Waals surface area contributed by atoms with E-state index in [9.17, 15) is 18.4 Å². The van der Waals surface area contributed by atoms with Crippen LogP contribution < -0.4 is 16.4 Å². The number of amides is 2. The number of halogens is 3. The first-order valence-corrected chi connectivity index (χ1v) is 8.29. The number of para-hydroxylation sites is 1. The molecule has 0 saturated carbocycles. The molecule has 0 radical (unpaired) electrons. The van der Waals surface area contributed by atoms with Crippen LogP contribution in [-0.2, 0) is 4.79 Å². The predicted octanol–water partition coefficient (Wildman–Crippen LogP) is 3.80. The van der Waals surface area contributed by atoms with Gasteiger partial charge in [0.25, 0.3) is 11.7 Å². The maximum absolute atomic E-state index is 12.5. The van der Waals surface area contributed by atoms with Gasteiger partial charge in [-0.1, -0.05) is 35.5 Å². The Labute approximate surface area is 151 Å². The Morgan fingerprint density at radius 1 is 1.16 bits per heavy atom. The lowest BCUT2D eigenvalue weighted by atomic mass is 10.1. The molecule has 2 aromatic carbocycles. The summed E-state index contributed by atoms with van der Waals surface area (Å²) in [5.74, 6) is -3.75. The van der Waals surface area contributed by atoms with Crippen LogP contribution in [0.25, 0.3) is 0 Å². The van der Waals surface area contributed by atoms with E-state index in [1.807, 2.05) is 0 Å². The number of rotatable bonds is 7. The minimum absolute atomic E-state index is 0.147. The van der Waals surface area contributed by atoms with Crippen molar-refractivity contribution in [1.29, 1.82) is 0 Å². The summed E-state index contributed by atoms with van der Waals surface area (Å²) in [5, 5.41) is 5.66. The summed E-state index contributed by atoms with van der Waals surface area (Å²) in [6.45, 7) is -0.185. The van der Waals surface area contributed by atoms with Gasteiger partial charge >= 0.3 is 0 Å². The molecular weight excluding hydrogens is 372 g/mol. The van der Waals surface area contributed by atoms with Crippen LogP contribution in [0.15, 0.2) is 47.4 Å². The fraction of sp³-hybridized carbons (Fsp3) is 0.125. The molecule has 4 N–H and O–H groups in total. The molecule has 0 aliphatic rings. The number of carbonyl (C=O) groups excluding carboxylic acids is 2. The highest BCUT2D eigenvalue weighted by Crippen LogP contribution is 2.31. The zero-order valence-corrected chi connectivity index (χ0v) is 14.3. The monoisotopic (exact) mass is 385 g/mol. The van der Waals surface area contributed by atoms with Crippen molar-refractivity contribution in [2.45, 2.75) is 10.7 Å². The van der Waals surface area contributed by atoms with E-state index in [1.54, 1.807) is 18.2 Å². The van der Waals surface area contributed by atoms with Gasteiger partial charge in [-0.2, -0.15) is 8.78 Å². The third-order valence-electron chi connectivity index (χ3n) is 3.06. The number of benzene rings is 2. The average molecular weight is 386 g/mol. The first-order chi connectivity index (χ1) is 11.9. The van der Waals surface area contributed by atoms with Gasteiger partial charge in [-0.25, -0.2) is 0 Å². The highest BCUT2D eigenvalue weighted by Gasteiger charge is 2.13. The van der Waals surface area contributed by atoms with Gasteiger partial charge in [0.2, 0.25) is 5.91 Å². The van der Waals surface area contributed by atoms with Gasteiger partial charge in [0.1, 0.15) is 0 Å². The highest BCUT2D eigenvalue weighted by molar-refractivity contribution is 7.99. The van der Waals surface area contributed by atoms with E-state index in [-0.39, 0.29) is 22.7 Å². The highest BCUT2D eigenvalue weighted by atomic mass is 35.5. The lowest BCUT2D eigenvalue weighted by Crippen LogP contribution is -2.23. The van der Waals surface area contributed by atoms with E-state index in [2.05, 4.69) is 10.6 Å². The van der Waals surface area contributed by atoms with Crippen molar-refractivity contribution in [3.63, 3.8) is 0 Å². The molecule has 0 saturated heterocycles. The second-order valence-electron chi connectivity index (χ2n) is 4.83. The smallest absolute Gasteiger partial charge is 0.288 e. The molecule has 0 aromatic heterocycles. The maximum Gasteiger partial charge on any atom is 0.288 e. The van der Waals surface area contributed by atoms with Crippen molar-refractivity contribution in [2.24, 2.45) is 5.73 Å². The maximum atomic E-state index is 12.5. The lowest BCUT2D eigenvalue weighted by molar-refractivity contribution is -0.114. The zero-order valence-electron chi connectivity index (χ0n) is 12.8. The van der Waals surface area contributed by atoms with Crippen molar-refractivity contribution in [3.8, 4) is 0 Å². The Morgan fingerprint density at radius 3 is 2.56 bits per heavy atom. The molecule has 25 heavy (non-hydrogen) atoms. The zero-order chi connectivity index (χ0) is 18.4. The number of hydrogen-bond acceptors (Lipinski definition) is 4. The summed E-state index contributed by atoms with van der Waals surface area (Å²) in [7, 11) is 0. The average Bonchev–Trinajstić information content (AvgIpc) is 2.55. The number of thioether (sulfide) groups is 1. The van der Waals surface area contributed by atoms with Gasteiger partial charge in [-0.3, -0.25) is 9.59 Å². The standard InChI is InChI=1S/C16H14ClF2N3O2S/c17-9-5-6-11(10(7-9)15(20)24)21-8-14(23)22-12-3-1-2-4-13(12)25-16(18)19/h1-7,16,21H,8H2,(H2,20,24)(H,22,23). The molecule has 0 unspecified atom stereocenters. The summed E-state index contributed by atoms with van der Waals surface area (Å²) in [6.07, 6.45) is 0. The predicted molar refractivity (Wildman–Crippen MR) is 95.4 cm³/mol. The fourth-order valence-corrected chi connectivity index (χ4v) is 2.78. The van der Waals surface area contributed by atoms with Crippen LogP contribution in [0, 0.1) is 0 Å². The van der Waals surface area contributed by atoms with Crippen molar-refractivity contribution in [1.82, 2.24) is 0 Å². The fourth-order valence-electron chi connectivity index (χ4n) is 2.01. The SMILES string of the molecule is NC(=O)c1cc(Cl)ccc1NCC(=O)Nc1ccccc1SC(F)F. The van der Waals surface area contributed by atoms with Crippen molar-refractivity contribution in [2.75, 3.05) is 17.2 Å². The molecule has 0 atom stereocenters. The van der Waals surface area contributed by atoms with Crippen LogP contribution >= 0.6 is 23.4 Å². The van der Waals surface area contributed by atoms with Crippen LogP contribution in [0.3, 0.4) is 0 Å². The van der Waals surface area contributed by atoms with Crippen molar-refractivity contribution in [3.05, 3.63) is 53.1 Å². The molecule has 0 heterocycles. The van der Waals surface area contributed by atoms with Gasteiger partial charge in [0, 0.05) is 15.6 Å². The molecule has 2 aromatic rings. The van der Waals surface area contributed by atoms with Crippen LogP contribution in [-0.4, -0.2) is 24.1 Å². The molecule has 0 spiro atoms. The Bertz CT molecular complexity index is 790. The van der Waals surface area contributed by atoms with E-state index in [0.717, 1.165) is 0 Å². The molecule has 0 fully saturated rings. The van der Waals surface area contributed by atoms with Gasteiger partial charge in [-0.05, 0) is 30.3 Å². The van der Waals surface area contributed by atoms with E-state index in [0.29, 0.717) is 22.5 Å². The molecule has 2 rings (SSSR count). The Kier molecular flexibility index (Phi) is 6.60. The number of carbonyl (C=O) groups is 2. The van der Waals surface area contributed by atoms with Crippen LogP contribution in [0.4, 0.5) is 20.2 Å². The third-order valence-corrected chi connectivity index (χ3v) is 4.09. The van der Waals surface area contributed by atoms with Crippen molar-refractivity contribution < 1.29 is 18.4 Å². The second-order valence-corrected chi connectivity index (χ2v) is 6.30. The molecule has 9 heteroatoms. The van der Waals surface area contributed by atoms with Gasteiger partial charge in [0.15, 0.2) is 0 Å². The quantitative estimate of drug-likeness (QED) is 0.633. The molecule has 2 amide bonds. The first kappa shape index (κ1) is 19.0. The van der Waals surface area contributed by atoms with E-state index >= 15 is 0 Å². The number of nitrogens with one attached hydrogen (secondary N) is 2. The largest absolute Gasteiger partial charge is 0.375 e. The Hall–Kier alpha value is -2.32. The molecule has 5 nitrogen and oxygen atoms in total. The normalized spacial score (nSPS) is 10.6. The van der Waals surface area contributed by atoms with E-state index in [1.165, 1.54) is 24.3 Å². The van der Waals surface area contributed by atoms with Crippen LogP contribution in [0.1, 0.15) is 10.4 Å². The summed E-state index contributed by atoms with van der Waals surface area (Å²) in [5.41, 5.74) is 6.05. The summed E-state index contributed by atoms with van der Waals surface area (Å²) in [6, 6.07) is 10.7. The van der Waals surface area contributed by atoms with Gasteiger partial charge in [-0.15, -0.1) is 0 Å². The number of alkyl halides is 2. The number of hydrogen-bond donors (Lipinski definition) is 3. The summed E-state index contributed by atoms with van der Waals surface area (Å²) in [4.78, 5) is 23.7. The summed E-state index contributed by atoms with van der Waals surface area (Å²) >= 11 is 6.16.